The summed E-state index contributed by atoms with van der Waals surface area (Å²) in [6.07, 6.45) is -0.736. The topological polar surface area (TPSA) is 65.1 Å². The van der Waals surface area contributed by atoms with Gasteiger partial charge in [-0.2, -0.15) is 0 Å². The number of methoxy groups -OCH3 is 1. The number of rotatable bonds is 7. The number of esters is 1. The molecular weight excluding hydrogens is 441 g/mol. The van der Waals surface area contributed by atoms with Crippen molar-refractivity contribution in [1.82, 2.24) is 4.90 Å². The van der Waals surface area contributed by atoms with E-state index in [0.717, 1.165) is 11.3 Å². The molecule has 0 saturated heterocycles. The predicted molar refractivity (Wildman–Crippen MR) is 129 cm³/mol. The highest BCUT2D eigenvalue weighted by atomic mass is 28.4. The number of carbonyl (C=O) groups excluding carboxylic acids is 2. The second-order valence-corrected chi connectivity index (χ2v) is 14.3. The zero-order chi connectivity index (χ0) is 25.0. The summed E-state index contributed by atoms with van der Waals surface area (Å²) in [5.74, 6) is -0.0120. The maximum atomic E-state index is 13.5. The lowest BCUT2D eigenvalue weighted by molar-refractivity contribution is -0.141. The van der Waals surface area contributed by atoms with Gasteiger partial charge in [0.25, 0.3) is 0 Å². The molecule has 0 aliphatic heterocycles. The fourth-order valence-corrected chi connectivity index (χ4v) is 3.88. The molecule has 0 N–H and O–H groups in total. The second-order valence-electron chi connectivity index (χ2n) is 9.59. The van der Waals surface area contributed by atoms with E-state index in [4.69, 9.17) is 13.9 Å². The van der Waals surface area contributed by atoms with E-state index in [2.05, 4.69) is 33.9 Å². The Bertz CT molecular complexity index is 985. The van der Waals surface area contributed by atoms with Gasteiger partial charge in [0.1, 0.15) is 23.9 Å². The molecule has 6 nitrogen and oxygen atoms in total. The summed E-state index contributed by atoms with van der Waals surface area (Å²) in [5.41, 5.74) is 1.15. The molecule has 2 aromatic rings. The molecule has 0 aromatic heterocycles. The number of ether oxygens (including phenoxy) is 2. The first kappa shape index (κ1) is 26.4. The maximum Gasteiger partial charge on any atom is 0.416 e. The average molecular weight is 476 g/mol. The number of benzene rings is 2. The first-order valence-electron chi connectivity index (χ1n) is 10.9. The van der Waals surface area contributed by atoms with Gasteiger partial charge in [0.05, 0.1) is 13.2 Å². The Hall–Kier alpha value is -2.87. The fraction of sp³-hybridized carbons (Fsp3) is 0.440. The first-order chi connectivity index (χ1) is 15.2. The lowest BCUT2D eigenvalue weighted by Crippen LogP contribution is -2.43. The number of nitrogens with zero attached hydrogens (tertiary/aromatic N) is 1. The molecule has 0 unspecified atom stereocenters. The molecule has 0 fully saturated rings. The number of hydrogen-bond donors (Lipinski definition) is 0. The highest BCUT2D eigenvalue weighted by molar-refractivity contribution is 6.74. The van der Waals surface area contributed by atoms with Gasteiger partial charge in [-0.05, 0) is 73.4 Å². The van der Waals surface area contributed by atoms with Crippen LogP contribution in [0.3, 0.4) is 0 Å². The Kier molecular flexibility index (Phi) is 8.29. The van der Waals surface area contributed by atoms with Crippen LogP contribution in [0.4, 0.5) is 9.18 Å². The van der Waals surface area contributed by atoms with Crippen molar-refractivity contribution in [3.05, 3.63) is 59.4 Å². The van der Waals surface area contributed by atoms with Crippen molar-refractivity contribution in [2.24, 2.45) is 0 Å². The molecule has 0 aliphatic rings. The Morgan fingerprint density at radius 2 is 1.64 bits per heavy atom. The van der Waals surface area contributed by atoms with Gasteiger partial charge in [0.2, 0.25) is 8.32 Å². The van der Waals surface area contributed by atoms with Gasteiger partial charge in [-0.25, -0.2) is 9.18 Å². The van der Waals surface area contributed by atoms with Gasteiger partial charge in [-0.3, -0.25) is 9.69 Å². The first-order valence-corrected chi connectivity index (χ1v) is 13.8. The molecular formula is C25H34FNO5Si. The van der Waals surface area contributed by atoms with Crippen LogP contribution in [0.2, 0.25) is 18.1 Å². The van der Waals surface area contributed by atoms with Crippen molar-refractivity contribution >= 4 is 20.4 Å². The van der Waals surface area contributed by atoms with E-state index in [9.17, 15) is 14.0 Å². The van der Waals surface area contributed by atoms with Gasteiger partial charge in [0.15, 0.2) is 0 Å². The lowest BCUT2D eigenvalue weighted by Gasteiger charge is -2.36. The molecule has 0 spiro atoms. The zero-order valence-electron chi connectivity index (χ0n) is 20.7. The smallest absolute Gasteiger partial charge is 0.416 e. The number of amides is 1. The summed E-state index contributed by atoms with van der Waals surface area (Å²) in [4.78, 5) is 26.2. The molecule has 180 valence electrons. The third-order valence-electron chi connectivity index (χ3n) is 6.11. The standard InChI is InChI=1S/C25H34FNO5Si/c1-17-15-21(13-14-22(17)26)31-24(29)27(16-23(28)30-6)18(2)19-9-11-20(12-10-19)32-33(7,8)25(3,4)5/h9-15,18H,16H2,1-8H3/t18-/m0/s1. The van der Waals surface area contributed by atoms with Crippen LogP contribution in [0.5, 0.6) is 11.5 Å². The average Bonchev–Trinajstić information content (AvgIpc) is 2.73. The summed E-state index contributed by atoms with van der Waals surface area (Å²) in [6.45, 7) is 14.0. The normalized spacial score (nSPS) is 12.6. The van der Waals surface area contributed by atoms with E-state index in [1.165, 1.54) is 30.2 Å². The summed E-state index contributed by atoms with van der Waals surface area (Å²) in [5, 5.41) is 0.0682. The molecule has 0 radical (unpaired) electrons. The van der Waals surface area contributed by atoms with Gasteiger partial charge in [-0.15, -0.1) is 0 Å². The molecule has 8 heteroatoms. The van der Waals surface area contributed by atoms with Crippen LogP contribution in [-0.2, 0) is 9.53 Å². The van der Waals surface area contributed by atoms with Gasteiger partial charge < -0.3 is 13.9 Å². The monoisotopic (exact) mass is 475 g/mol. The van der Waals surface area contributed by atoms with Crippen LogP contribution in [0, 0.1) is 12.7 Å². The summed E-state index contributed by atoms with van der Waals surface area (Å²) in [7, 11) is -0.724. The predicted octanol–water partition coefficient (Wildman–Crippen LogP) is 6.25. The van der Waals surface area contributed by atoms with Gasteiger partial charge >= 0.3 is 12.1 Å². The van der Waals surface area contributed by atoms with E-state index in [1.54, 1.807) is 13.8 Å². The third kappa shape index (κ3) is 6.80. The highest BCUT2D eigenvalue weighted by Gasteiger charge is 2.39. The number of carbonyl (C=O) groups is 2. The maximum absolute atomic E-state index is 13.5. The Labute approximate surface area is 196 Å². The van der Waals surface area contributed by atoms with Crippen LogP contribution in [0.25, 0.3) is 0 Å². The molecule has 0 bridgehead atoms. The third-order valence-corrected chi connectivity index (χ3v) is 10.5. The summed E-state index contributed by atoms with van der Waals surface area (Å²) >= 11 is 0. The van der Waals surface area contributed by atoms with Gasteiger partial charge in [-0.1, -0.05) is 32.9 Å². The van der Waals surface area contributed by atoms with E-state index >= 15 is 0 Å². The zero-order valence-corrected chi connectivity index (χ0v) is 21.7. The Morgan fingerprint density at radius 3 is 2.15 bits per heavy atom. The van der Waals surface area contributed by atoms with Crippen LogP contribution in [0.15, 0.2) is 42.5 Å². The molecule has 0 aliphatic carbocycles. The number of halogens is 1. The number of aryl methyl sites for hydroxylation is 1. The highest BCUT2D eigenvalue weighted by Crippen LogP contribution is 2.37. The fourth-order valence-electron chi connectivity index (χ4n) is 2.85. The van der Waals surface area contributed by atoms with Crippen molar-refractivity contribution in [3.63, 3.8) is 0 Å². The van der Waals surface area contributed by atoms with Crippen molar-refractivity contribution < 1.29 is 27.9 Å². The second kappa shape index (κ2) is 10.4. The van der Waals surface area contributed by atoms with Crippen molar-refractivity contribution in [1.29, 1.82) is 0 Å². The number of hydrogen-bond acceptors (Lipinski definition) is 5. The largest absolute Gasteiger partial charge is 0.544 e. The van der Waals surface area contributed by atoms with Crippen LogP contribution >= 0.6 is 0 Å². The van der Waals surface area contributed by atoms with Gasteiger partial charge in [0, 0.05) is 0 Å². The molecule has 1 atom stereocenters. The molecule has 1 amide bonds. The minimum atomic E-state index is -1.98. The van der Waals surface area contributed by atoms with E-state index in [-0.39, 0.29) is 17.3 Å². The molecule has 0 saturated carbocycles. The SMILES string of the molecule is COC(=O)CN(C(=O)Oc1ccc(F)c(C)c1)[C@@H](C)c1ccc(O[Si](C)(C)C(C)(C)C)cc1. The van der Waals surface area contributed by atoms with E-state index < -0.39 is 32.2 Å². The van der Waals surface area contributed by atoms with Crippen LogP contribution < -0.4 is 9.16 Å². The minimum absolute atomic E-state index is 0.0682. The van der Waals surface area contributed by atoms with Crippen LogP contribution in [-0.4, -0.2) is 38.9 Å². The lowest BCUT2D eigenvalue weighted by atomic mass is 10.1. The van der Waals surface area contributed by atoms with Crippen LogP contribution in [0.1, 0.15) is 44.9 Å². The Balaban J connectivity index is 2.23. The van der Waals surface area contributed by atoms with E-state index in [1.807, 2.05) is 24.3 Å². The summed E-state index contributed by atoms with van der Waals surface area (Å²) in [6, 6.07) is 11.0. The molecule has 2 rings (SSSR count). The van der Waals surface area contributed by atoms with E-state index in [0.29, 0.717) is 5.56 Å². The Morgan fingerprint density at radius 1 is 1.06 bits per heavy atom. The van der Waals surface area contributed by atoms with Crippen molar-refractivity contribution in [2.45, 2.75) is 58.8 Å². The quantitative estimate of drug-likeness (QED) is 0.350. The van der Waals surface area contributed by atoms with Crippen molar-refractivity contribution in [3.8, 4) is 11.5 Å². The minimum Gasteiger partial charge on any atom is -0.544 e. The van der Waals surface area contributed by atoms with Crippen molar-refractivity contribution in [2.75, 3.05) is 13.7 Å². The molecule has 33 heavy (non-hydrogen) atoms. The molecule has 0 heterocycles. The molecule has 2 aromatic carbocycles. The summed E-state index contributed by atoms with van der Waals surface area (Å²) < 4.78 is 30.0.